The molecule has 2 fully saturated rings. The van der Waals surface area contributed by atoms with E-state index in [-0.39, 0.29) is 19.6 Å². The van der Waals surface area contributed by atoms with Crippen LogP contribution < -0.4 is 0 Å². The van der Waals surface area contributed by atoms with E-state index in [1.165, 1.54) is 0 Å². The van der Waals surface area contributed by atoms with Crippen molar-refractivity contribution in [2.75, 3.05) is 0 Å². The fourth-order valence-corrected chi connectivity index (χ4v) is 6.60. The maximum Gasteiger partial charge on any atom is 0.410 e. The zero-order valence-electron chi connectivity index (χ0n) is 26.2. The highest BCUT2D eigenvalue weighted by molar-refractivity contribution is 5.68. The predicted octanol–water partition coefficient (Wildman–Crippen LogP) is 6.50. The summed E-state index contributed by atoms with van der Waals surface area (Å²) >= 11 is 0. The van der Waals surface area contributed by atoms with Crippen LogP contribution in [0, 0.1) is 5.92 Å². The number of amides is 1. The predicted molar refractivity (Wildman–Crippen MR) is 169 cm³/mol. The number of esters is 1. The van der Waals surface area contributed by atoms with Crippen LogP contribution in [-0.2, 0) is 32.2 Å². The molecule has 2 aliphatic rings. The van der Waals surface area contributed by atoms with E-state index in [1.807, 2.05) is 67.6 Å². The molecule has 1 saturated heterocycles. The van der Waals surface area contributed by atoms with E-state index in [2.05, 4.69) is 30.1 Å². The van der Waals surface area contributed by atoms with Gasteiger partial charge in [0.15, 0.2) is 0 Å². The van der Waals surface area contributed by atoms with Crippen molar-refractivity contribution in [3.63, 3.8) is 0 Å². The Balaban J connectivity index is 1.68. The van der Waals surface area contributed by atoms with Crippen molar-refractivity contribution in [2.45, 2.75) is 101 Å². The van der Waals surface area contributed by atoms with Gasteiger partial charge in [0, 0.05) is 40.2 Å². The molecule has 9 atom stereocenters. The maximum absolute atomic E-state index is 13.7. The van der Waals surface area contributed by atoms with Crippen LogP contribution in [0.1, 0.15) is 50.7 Å². The third-order valence-corrected chi connectivity index (χ3v) is 8.66. The van der Waals surface area contributed by atoms with Crippen LogP contribution in [-0.4, -0.2) is 70.7 Å². The fourth-order valence-electron chi connectivity index (χ4n) is 6.60. The molecule has 248 valence electrons. The second kappa shape index (κ2) is 17.1. The average Bonchev–Trinajstić information content (AvgIpc) is 3.07. The van der Waals surface area contributed by atoms with Gasteiger partial charge in [-0.2, -0.15) is 0 Å². The largest absolute Gasteiger partial charge is 0.459 e. The normalized spacial score (nSPS) is 27.5. The molecule has 0 spiro atoms. The number of carbonyl (C=O) groups is 2. The molecule has 0 bridgehead atoms. The number of rotatable bonds is 12. The Morgan fingerprint density at radius 2 is 1.53 bits per heavy atom. The molecular weight excluding hydrogens is 608 g/mol. The first-order valence-electron chi connectivity index (χ1n) is 15.5. The van der Waals surface area contributed by atoms with E-state index in [9.17, 15) is 25.8 Å². The molecule has 2 aromatic carbocycles. The van der Waals surface area contributed by atoms with E-state index in [0.717, 1.165) is 18.1 Å². The summed E-state index contributed by atoms with van der Waals surface area (Å²) in [5, 5.41) is 23.2. The van der Waals surface area contributed by atoms with Crippen LogP contribution in [0.4, 0.5) is 4.79 Å². The first kappa shape index (κ1) is 34.9. The van der Waals surface area contributed by atoms with Gasteiger partial charge < -0.3 is 19.3 Å². The van der Waals surface area contributed by atoms with Crippen LogP contribution in [0.3, 0.4) is 0 Å². The lowest BCUT2D eigenvalue weighted by molar-refractivity contribution is -0.182. The zero-order valence-corrected chi connectivity index (χ0v) is 26.2. The van der Waals surface area contributed by atoms with Crippen molar-refractivity contribution < 1.29 is 28.9 Å². The van der Waals surface area contributed by atoms with Gasteiger partial charge in [-0.05, 0) is 53.4 Å². The van der Waals surface area contributed by atoms with Crippen LogP contribution in [0.25, 0.3) is 31.3 Å². The summed E-state index contributed by atoms with van der Waals surface area (Å²) in [6, 6.07) is 15.5. The molecule has 47 heavy (non-hydrogen) atoms. The minimum Gasteiger partial charge on any atom is -0.459 e. The Kier molecular flexibility index (Phi) is 12.7. The van der Waals surface area contributed by atoms with Gasteiger partial charge >= 0.3 is 12.1 Å². The van der Waals surface area contributed by atoms with Crippen LogP contribution in [0.2, 0.25) is 0 Å². The van der Waals surface area contributed by atoms with Crippen molar-refractivity contribution in [1.82, 2.24) is 4.90 Å². The molecule has 0 aromatic heterocycles. The molecule has 1 saturated carbocycles. The molecule has 16 heteroatoms. The monoisotopic (exact) mass is 646 g/mol. The molecule has 1 aliphatic heterocycles. The average molecular weight is 647 g/mol. The summed E-state index contributed by atoms with van der Waals surface area (Å²) < 4.78 is 17.8. The number of hydrogen-bond donors (Lipinski definition) is 1. The number of ether oxygens (including phenoxy) is 3. The highest BCUT2D eigenvalue weighted by atomic mass is 16.6. The van der Waals surface area contributed by atoms with E-state index >= 15 is 0 Å². The zero-order chi connectivity index (χ0) is 33.8. The van der Waals surface area contributed by atoms with Crippen molar-refractivity contribution in [3.05, 3.63) is 103 Å². The third-order valence-electron chi connectivity index (χ3n) is 8.66. The second-order valence-electron chi connectivity index (χ2n) is 11.5. The minimum absolute atomic E-state index is 0.0511. The topological polar surface area (TPSA) is 232 Å². The molecule has 4 rings (SSSR count). The van der Waals surface area contributed by atoms with Crippen LogP contribution in [0.5, 0.6) is 0 Å². The number of aliphatic hydroxyl groups is 1. The minimum atomic E-state index is -1.50. The van der Waals surface area contributed by atoms with Gasteiger partial charge in [0.05, 0.1) is 36.4 Å². The lowest BCUT2D eigenvalue weighted by atomic mass is 9.72. The molecule has 1 amide bonds. The van der Waals surface area contributed by atoms with E-state index in [0.29, 0.717) is 19.3 Å². The first-order chi connectivity index (χ1) is 22.8. The van der Waals surface area contributed by atoms with Gasteiger partial charge in [0.1, 0.15) is 12.7 Å². The summed E-state index contributed by atoms with van der Waals surface area (Å²) in [4.78, 5) is 36.1. The highest BCUT2D eigenvalue weighted by Crippen LogP contribution is 2.41. The molecule has 1 aliphatic carbocycles. The van der Waals surface area contributed by atoms with Gasteiger partial charge in [-0.25, -0.2) is 4.79 Å². The van der Waals surface area contributed by atoms with Gasteiger partial charge in [0.2, 0.25) is 0 Å². The van der Waals surface area contributed by atoms with Crippen LogP contribution in [0.15, 0.2) is 76.0 Å². The first-order valence-corrected chi connectivity index (χ1v) is 15.5. The number of hydrogen-bond acceptors (Lipinski definition) is 9. The van der Waals surface area contributed by atoms with Crippen molar-refractivity contribution in [2.24, 2.45) is 21.3 Å². The maximum atomic E-state index is 13.7. The number of azide groups is 3. The Hall–Kier alpha value is -4.97. The molecular formula is C31H38N10O6. The molecule has 16 nitrogen and oxygen atoms in total. The molecule has 2 aromatic rings. The highest BCUT2D eigenvalue weighted by Gasteiger charge is 2.52. The molecule has 0 radical (unpaired) electrons. The van der Waals surface area contributed by atoms with E-state index in [1.54, 1.807) is 4.90 Å². The quantitative estimate of drug-likeness (QED) is 0.117. The lowest BCUT2D eigenvalue weighted by Crippen LogP contribution is -2.61. The van der Waals surface area contributed by atoms with E-state index in [4.69, 9.17) is 19.7 Å². The summed E-state index contributed by atoms with van der Waals surface area (Å²) in [6.45, 7) is 3.38. The number of aliphatic hydroxyl groups excluding tert-OH is 1. The van der Waals surface area contributed by atoms with Crippen molar-refractivity contribution in [3.8, 4) is 0 Å². The Bertz CT molecular complexity index is 1500. The molecule has 1 N–H and O–H groups in total. The van der Waals surface area contributed by atoms with Gasteiger partial charge in [-0.1, -0.05) is 82.9 Å². The van der Waals surface area contributed by atoms with Crippen molar-refractivity contribution in [1.29, 1.82) is 0 Å². The van der Waals surface area contributed by atoms with Gasteiger partial charge in [-0.15, -0.1) is 0 Å². The van der Waals surface area contributed by atoms with Crippen molar-refractivity contribution >= 4 is 12.1 Å². The summed E-state index contributed by atoms with van der Waals surface area (Å²) in [7, 11) is 0. The molecule has 4 unspecified atom stereocenters. The summed E-state index contributed by atoms with van der Waals surface area (Å²) in [5.74, 6) is -1.72. The summed E-state index contributed by atoms with van der Waals surface area (Å²) in [5.41, 5.74) is 29.7. The number of carbonyl (C=O) groups excluding carboxylic acids is 2. The Morgan fingerprint density at radius 3 is 2.13 bits per heavy atom. The van der Waals surface area contributed by atoms with Gasteiger partial charge in [-0.3, -0.25) is 9.69 Å². The Morgan fingerprint density at radius 1 is 0.936 bits per heavy atom. The second-order valence-corrected chi connectivity index (χ2v) is 11.5. The Labute approximate surface area is 271 Å². The smallest absolute Gasteiger partial charge is 0.410 e. The number of nitrogens with zero attached hydrogens (tertiary/aromatic N) is 10. The molecule has 1 heterocycles. The van der Waals surface area contributed by atoms with Gasteiger partial charge in [0.25, 0.3) is 0 Å². The van der Waals surface area contributed by atoms with Crippen LogP contribution >= 0.6 is 0 Å². The third kappa shape index (κ3) is 8.85. The SMILES string of the molecule is CC[C@@H]([C@@H]1CCC(N=[N+]=[N-])[C@@H](C2C(N=[N+]=[N-])CC(N=[N+]=[N-])[C@H](OC(C)=O)[C@H]2O)O1)N(Cc1ccccc1)C(=O)OCc1ccccc1. The fraction of sp³-hybridized carbons (Fsp3) is 0.548. The number of benzene rings is 2. The standard InChI is InChI=1S/C31H38N10O6/c1-3-25(41(17-20-10-6-4-7-11-20)31(44)45-18-21-12-8-5-9-13-21)26-15-14-22(35-38-32)29(47-26)27-23(36-39-33)16-24(37-40-34)30(28(27)43)46-19(2)42/h4-13,22-30,43H,3,14-18H2,1-2H3/t22?,23?,24?,25-,26-,27?,28-,29-,30-/m0/s1. The lowest BCUT2D eigenvalue weighted by Gasteiger charge is -2.49. The van der Waals surface area contributed by atoms with E-state index < -0.39 is 66.6 Å². The summed E-state index contributed by atoms with van der Waals surface area (Å²) in [6.07, 6.45) is -3.77.